The average molecular weight is 237 g/mol. The number of fused-ring (bicyclic) bond motifs is 1. The molecular weight excluding hydrogens is 222 g/mol. The van der Waals surface area contributed by atoms with Crippen LogP contribution in [0.3, 0.4) is 0 Å². The third kappa shape index (κ3) is 1.74. The fourth-order valence-electron chi connectivity index (χ4n) is 2.25. The highest BCUT2D eigenvalue weighted by Crippen LogP contribution is 2.22. The zero-order chi connectivity index (χ0) is 12.5. The average Bonchev–Trinajstić information content (AvgIpc) is 2.69. The van der Waals surface area contributed by atoms with Gasteiger partial charge in [-0.15, -0.1) is 0 Å². The van der Waals surface area contributed by atoms with E-state index >= 15 is 0 Å². The Balaban J connectivity index is 2.10. The summed E-state index contributed by atoms with van der Waals surface area (Å²) in [6.07, 6.45) is 0.884. The molecule has 3 aromatic rings. The maximum Gasteiger partial charge on any atom is 0.200 e. The minimum atomic E-state index is 0.561. The molecule has 0 aliphatic carbocycles. The summed E-state index contributed by atoms with van der Waals surface area (Å²) in [6, 6.07) is 16.6. The summed E-state index contributed by atoms with van der Waals surface area (Å²) in [7, 11) is 1.94. The Hall–Kier alpha value is -2.29. The second-order valence-corrected chi connectivity index (χ2v) is 4.48. The molecular formula is C15H15N3. The van der Waals surface area contributed by atoms with Gasteiger partial charge in [0.15, 0.2) is 0 Å². The topological polar surface area (TPSA) is 43.8 Å². The van der Waals surface area contributed by atoms with Gasteiger partial charge in [0.05, 0.1) is 11.0 Å². The van der Waals surface area contributed by atoms with Crippen molar-refractivity contribution in [2.24, 2.45) is 7.05 Å². The predicted molar refractivity (Wildman–Crippen MR) is 74.4 cm³/mol. The van der Waals surface area contributed by atoms with Gasteiger partial charge in [0, 0.05) is 7.05 Å². The fourth-order valence-corrected chi connectivity index (χ4v) is 2.25. The monoisotopic (exact) mass is 237 g/mol. The number of nitrogens with zero attached hydrogens (tertiary/aromatic N) is 2. The molecule has 0 saturated carbocycles. The van der Waals surface area contributed by atoms with Gasteiger partial charge < -0.3 is 10.3 Å². The molecule has 0 saturated heterocycles. The number of para-hydroxylation sites is 1. The van der Waals surface area contributed by atoms with E-state index in [2.05, 4.69) is 41.4 Å². The highest BCUT2D eigenvalue weighted by molar-refractivity contribution is 5.81. The molecule has 3 rings (SSSR count). The minimum absolute atomic E-state index is 0.561. The van der Waals surface area contributed by atoms with Crippen LogP contribution < -0.4 is 5.73 Å². The molecule has 3 heteroatoms. The van der Waals surface area contributed by atoms with E-state index in [4.69, 9.17) is 5.73 Å². The van der Waals surface area contributed by atoms with Crippen LogP contribution in [0.25, 0.3) is 11.0 Å². The highest BCUT2D eigenvalue weighted by atomic mass is 15.1. The molecule has 1 heterocycles. The van der Waals surface area contributed by atoms with E-state index in [0.717, 1.165) is 17.5 Å². The summed E-state index contributed by atoms with van der Waals surface area (Å²) in [5.41, 5.74) is 10.5. The van der Waals surface area contributed by atoms with Gasteiger partial charge in [0.2, 0.25) is 5.95 Å². The number of benzene rings is 2. The number of hydrogen-bond acceptors (Lipinski definition) is 2. The maximum atomic E-state index is 5.87. The molecule has 3 nitrogen and oxygen atoms in total. The van der Waals surface area contributed by atoms with Crippen molar-refractivity contribution >= 4 is 17.0 Å². The Morgan fingerprint density at radius 2 is 1.83 bits per heavy atom. The predicted octanol–water partition coefficient (Wildman–Crippen LogP) is 2.75. The first-order valence-electron chi connectivity index (χ1n) is 5.99. The minimum Gasteiger partial charge on any atom is -0.369 e. The van der Waals surface area contributed by atoms with Gasteiger partial charge in [0.1, 0.15) is 0 Å². The van der Waals surface area contributed by atoms with E-state index in [9.17, 15) is 0 Å². The second-order valence-electron chi connectivity index (χ2n) is 4.48. The molecule has 0 aliphatic rings. The summed E-state index contributed by atoms with van der Waals surface area (Å²) in [6.45, 7) is 0. The number of hydrogen-bond donors (Lipinski definition) is 1. The number of nitrogens with two attached hydrogens (primary N) is 1. The van der Waals surface area contributed by atoms with Gasteiger partial charge in [-0.3, -0.25) is 0 Å². The van der Waals surface area contributed by atoms with Gasteiger partial charge in [-0.25, -0.2) is 4.98 Å². The lowest BCUT2D eigenvalue weighted by molar-refractivity contribution is 0.965. The van der Waals surface area contributed by atoms with Crippen LogP contribution in [0.4, 0.5) is 5.95 Å². The summed E-state index contributed by atoms with van der Waals surface area (Å²) in [5.74, 6) is 0.561. The lowest BCUT2D eigenvalue weighted by atomic mass is 10.0. The lowest BCUT2D eigenvalue weighted by Gasteiger charge is -2.03. The van der Waals surface area contributed by atoms with Gasteiger partial charge >= 0.3 is 0 Å². The Bertz CT molecular complexity index is 684. The Morgan fingerprint density at radius 3 is 2.61 bits per heavy atom. The van der Waals surface area contributed by atoms with Crippen LogP contribution in [0.1, 0.15) is 11.1 Å². The van der Waals surface area contributed by atoms with Crippen LogP contribution in [-0.2, 0) is 13.5 Å². The quantitative estimate of drug-likeness (QED) is 0.744. The van der Waals surface area contributed by atoms with Crippen molar-refractivity contribution in [3.05, 3.63) is 59.7 Å². The molecule has 18 heavy (non-hydrogen) atoms. The van der Waals surface area contributed by atoms with Gasteiger partial charge in [0.25, 0.3) is 0 Å². The highest BCUT2D eigenvalue weighted by Gasteiger charge is 2.08. The van der Waals surface area contributed by atoms with Crippen molar-refractivity contribution in [3.63, 3.8) is 0 Å². The van der Waals surface area contributed by atoms with E-state index in [1.54, 1.807) is 0 Å². The Labute approximate surface area is 106 Å². The lowest BCUT2D eigenvalue weighted by Crippen LogP contribution is -1.95. The van der Waals surface area contributed by atoms with Crippen LogP contribution >= 0.6 is 0 Å². The van der Waals surface area contributed by atoms with Crippen LogP contribution in [0, 0.1) is 0 Å². The summed E-state index contributed by atoms with van der Waals surface area (Å²) in [4.78, 5) is 4.45. The number of nitrogen functional groups attached to an aromatic ring is 1. The maximum absolute atomic E-state index is 5.87. The largest absolute Gasteiger partial charge is 0.369 e. The summed E-state index contributed by atoms with van der Waals surface area (Å²) in [5, 5.41) is 0. The SMILES string of the molecule is Cn1c(N)nc2c(Cc3ccccc3)cccc21. The number of aryl methyl sites for hydroxylation is 1. The van der Waals surface area contributed by atoms with Crippen LogP contribution in [0.2, 0.25) is 0 Å². The van der Waals surface area contributed by atoms with Crippen molar-refractivity contribution in [1.82, 2.24) is 9.55 Å². The smallest absolute Gasteiger partial charge is 0.200 e. The molecule has 0 fully saturated rings. The first kappa shape index (κ1) is 10.8. The molecule has 2 aromatic carbocycles. The molecule has 0 amide bonds. The molecule has 0 radical (unpaired) electrons. The summed E-state index contributed by atoms with van der Waals surface area (Å²) >= 11 is 0. The zero-order valence-corrected chi connectivity index (χ0v) is 10.3. The molecule has 0 atom stereocenters. The summed E-state index contributed by atoms with van der Waals surface area (Å²) < 4.78 is 1.92. The molecule has 0 spiro atoms. The fraction of sp³-hybridized carbons (Fsp3) is 0.133. The van der Waals surface area contributed by atoms with E-state index in [1.165, 1.54) is 11.1 Å². The third-order valence-corrected chi connectivity index (χ3v) is 3.27. The van der Waals surface area contributed by atoms with Crippen molar-refractivity contribution in [2.45, 2.75) is 6.42 Å². The van der Waals surface area contributed by atoms with Crippen molar-refractivity contribution in [1.29, 1.82) is 0 Å². The number of rotatable bonds is 2. The van der Waals surface area contributed by atoms with Crippen molar-refractivity contribution in [3.8, 4) is 0 Å². The first-order chi connectivity index (χ1) is 8.75. The second kappa shape index (κ2) is 4.18. The Morgan fingerprint density at radius 1 is 1.06 bits per heavy atom. The van der Waals surface area contributed by atoms with Crippen molar-refractivity contribution < 1.29 is 0 Å². The molecule has 0 bridgehead atoms. The van der Waals surface area contributed by atoms with E-state index in [-0.39, 0.29) is 0 Å². The van der Waals surface area contributed by atoms with Crippen LogP contribution in [-0.4, -0.2) is 9.55 Å². The first-order valence-corrected chi connectivity index (χ1v) is 5.99. The van der Waals surface area contributed by atoms with E-state index in [0.29, 0.717) is 5.95 Å². The van der Waals surface area contributed by atoms with Gasteiger partial charge in [-0.2, -0.15) is 0 Å². The molecule has 90 valence electrons. The number of anilines is 1. The third-order valence-electron chi connectivity index (χ3n) is 3.27. The van der Waals surface area contributed by atoms with Gasteiger partial charge in [-0.05, 0) is 23.6 Å². The molecule has 1 aromatic heterocycles. The normalized spacial score (nSPS) is 10.9. The van der Waals surface area contributed by atoms with Crippen LogP contribution in [0.5, 0.6) is 0 Å². The van der Waals surface area contributed by atoms with Gasteiger partial charge in [-0.1, -0.05) is 42.5 Å². The number of aromatic nitrogens is 2. The zero-order valence-electron chi connectivity index (χ0n) is 10.3. The standard InChI is InChI=1S/C15H15N3/c1-18-13-9-5-8-12(14(13)17-15(18)16)10-11-6-3-2-4-7-11/h2-9H,10H2,1H3,(H2,16,17). The molecule has 0 aliphatic heterocycles. The van der Waals surface area contributed by atoms with Crippen molar-refractivity contribution in [2.75, 3.05) is 5.73 Å². The van der Waals surface area contributed by atoms with E-state index < -0.39 is 0 Å². The Kier molecular flexibility index (Phi) is 2.52. The molecule has 0 unspecified atom stereocenters. The van der Waals surface area contributed by atoms with Crippen LogP contribution in [0.15, 0.2) is 48.5 Å². The molecule has 2 N–H and O–H groups in total. The van der Waals surface area contributed by atoms with E-state index in [1.807, 2.05) is 23.7 Å². The number of imidazole rings is 1.